The van der Waals surface area contributed by atoms with Crippen molar-refractivity contribution >= 4 is 11.9 Å². The van der Waals surface area contributed by atoms with E-state index >= 15 is 0 Å². The monoisotopic (exact) mass is 293 g/mol. The van der Waals surface area contributed by atoms with Crippen LogP contribution in [0.2, 0.25) is 0 Å². The number of esters is 2. The third-order valence-electron chi connectivity index (χ3n) is 3.53. The van der Waals surface area contributed by atoms with Crippen LogP contribution in [-0.4, -0.2) is 30.1 Å². The van der Waals surface area contributed by atoms with E-state index in [1.807, 2.05) is 0 Å². The van der Waals surface area contributed by atoms with Gasteiger partial charge in [-0.1, -0.05) is 0 Å². The number of H-pyrrole nitrogens is 1. The van der Waals surface area contributed by atoms with Gasteiger partial charge < -0.3 is 14.5 Å². The van der Waals surface area contributed by atoms with Gasteiger partial charge in [-0.25, -0.2) is 4.79 Å². The number of carbonyl (C=O) groups is 2. The summed E-state index contributed by atoms with van der Waals surface area (Å²) in [6, 6.07) is 2.05. The van der Waals surface area contributed by atoms with Crippen molar-refractivity contribution in [3.8, 4) is 0 Å². The van der Waals surface area contributed by atoms with E-state index in [9.17, 15) is 9.59 Å². The first kappa shape index (κ1) is 15.6. The van der Waals surface area contributed by atoms with Gasteiger partial charge in [-0.05, 0) is 57.1 Å². The van der Waals surface area contributed by atoms with Crippen LogP contribution >= 0.6 is 0 Å². The summed E-state index contributed by atoms with van der Waals surface area (Å²) in [5, 5.41) is 0. The van der Waals surface area contributed by atoms with Gasteiger partial charge in [0.25, 0.3) is 0 Å². The highest BCUT2D eigenvalue weighted by Gasteiger charge is 2.30. The zero-order chi connectivity index (χ0) is 15.2. The van der Waals surface area contributed by atoms with E-state index in [0.717, 1.165) is 30.5 Å². The van der Waals surface area contributed by atoms with Crippen LogP contribution in [0.3, 0.4) is 0 Å². The lowest BCUT2D eigenvalue weighted by atomic mass is 10.1. The maximum Gasteiger partial charge on any atom is 0.355 e. The van der Waals surface area contributed by atoms with Crippen molar-refractivity contribution in [2.45, 2.75) is 51.9 Å². The molecule has 2 rings (SSSR count). The van der Waals surface area contributed by atoms with E-state index in [1.165, 1.54) is 0 Å². The van der Waals surface area contributed by atoms with Crippen LogP contribution in [0.15, 0.2) is 6.07 Å². The van der Waals surface area contributed by atoms with Crippen LogP contribution < -0.4 is 0 Å². The van der Waals surface area contributed by atoms with Crippen molar-refractivity contribution in [3.63, 3.8) is 0 Å². The van der Waals surface area contributed by atoms with Crippen LogP contribution in [0.5, 0.6) is 0 Å². The Morgan fingerprint density at radius 2 is 1.95 bits per heavy atom. The standard InChI is InChI=1S/C16H23NO4/c1-3-20-14(18)7-5-6-12-10-13(11-8-9-11)15(17-12)16(19)21-4-2/h10-11,17H,3-9H2,1-2H3. The Balaban J connectivity index is 1.95. The van der Waals surface area contributed by atoms with Gasteiger partial charge >= 0.3 is 11.9 Å². The Morgan fingerprint density at radius 1 is 1.24 bits per heavy atom. The van der Waals surface area contributed by atoms with E-state index in [2.05, 4.69) is 11.1 Å². The van der Waals surface area contributed by atoms with E-state index in [0.29, 0.717) is 37.7 Å². The van der Waals surface area contributed by atoms with E-state index in [4.69, 9.17) is 9.47 Å². The Morgan fingerprint density at radius 3 is 2.57 bits per heavy atom. The van der Waals surface area contributed by atoms with Crippen molar-refractivity contribution < 1.29 is 19.1 Å². The van der Waals surface area contributed by atoms with Gasteiger partial charge in [0.2, 0.25) is 0 Å². The van der Waals surface area contributed by atoms with Gasteiger partial charge in [0.15, 0.2) is 0 Å². The second kappa shape index (κ2) is 7.29. The van der Waals surface area contributed by atoms with Crippen LogP contribution in [0.4, 0.5) is 0 Å². The van der Waals surface area contributed by atoms with Gasteiger partial charge in [0.1, 0.15) is 5.69 Å². The molecular formula is C16H23NO4. The molecule has 1 fully saturated rings. The van der Waals surface area contributed by atoms with Gasteiger partial charge in [0, 0.05) is 12.1 Å². The van der Waals surface area contributed by atoms with Crippen LogP contribution in [0, 0.1) is 0 Å². The number of ether oxygens (including phenoxy) is 2. The average Bonchev–Trinajstić information content (AvgIpc) is 3.20. The quantitative estimate of drug-likeness (QED) is 0.748. The van der Waals surface area contributed by atoms with Gasteiger partial charge in [-0.2, -0.15) is 0 Å². The Hall–Kier alpha value is -1.78. The number of rotatable bonds is 8. The van der Waals surface area contributed by atoms with E-state index in [-0.39, 0.29) is 11.9 Å². The highest BCUT2D eigenvalue weighted by atomic mass is 16.5. The van der Waals surface area contributed by atoms with Crippen molar-refractivity contribution in [3.05, 3.63) is 23.0 Å². The van der Waals surface area contributed by atoms with Crippen molar-refractivity contribution in [2.75, 3.05) is 13.2 Å². The molecule has 0 saturated heterocycles. The summed E-state index contributed by atoms with van der Waals surface area (Å²) in [7, 11) is 0. The molecule has 0 radical (unpaired) electrons. The van der Waals surface area contributed by atoms with Crippen LogP contribution in [0.25, 0.3) is 0 Å². The second-order valence-electron chi connectivity index (χ2n) is 5.28. The Labute approximate surface area is 125 Å². The molecule has 0 unspecified atom stereocenters. The zero-order valence-corrected chi connectivity index (χ0v) is 12.7. The lowest BCUT2D eigenvalue weighted by molar-refractivity contribution is -0.143. The van der Waals surface area contributed by atoms with Crippen LogP contribution in [-0.2, 0) is 20.7 Å². The fourth-order valence-corrected chi connectivity index (χ4v) is 2.41. The summed E-state index contributed by atoms with van der Waals surface area (Å²) in [4.78, 5) is 26.4. The first-order valence-electron chi connectivity index (χ1n) is 7.70. The molecule has 1 aromatic rings. The van der Waals surface area contributed by atoms with E-state index in [1.54, 1.807) is 13.8 Å². The minimum absolute atomic E-state index is 0.169. The molecule has 21 heavy (non-hydrogen) atoms. The number of aromatic amines is 1. The summed E-state index contributed by atoms with van der Waals surface area (Å²) in [6.45, 7) is 4.40. The molecule has 0 aliphatic heterocycles. The molecule has 1 heterocycles. The molecule has 0 aromatic carbocycles. The number of aryl methyl sites for hydroxylation is 1. The lowest BCUT2D eigenvalue weighted by Crippen LogP contribution is -2.07. The van der Waals surface area contributed by atoms with Crippen molar-refractivity contribution in [1.29, 1.82) is 0 Å². The third-order valence-corrected chi connectivity index (χ3v) is 3.53. The Kier molecular flexibility index (Phi) is 5.42. The molecule has 0 amide bonds. The summed E-state index contributed by atoms with van der Waals surface area (Å²) < 4.78 is 9.99. The normalized spacial score (nSPS) is 14.0. The van der Waals surface area contributed by atoms with Crippen molar-refractivity contribution in [2.24, 2.45) is 0 Å². The smallest absolute Gasteiger partial charge is 0.355 e. The minimum Gasteiger partial charge on any atom is -0.466 e. The molecule has 116 valence electrons. The molecule has 1 aromatic heterocycles. The summed E-state index contributed by atoms with van der Waals surface area (Å²) in [5.74, 6) is 0.0348. The maximum absolute atomic E-state index is 12.0. The average molecular weight is 293 g/mol. The predicted molar refractivity (Wildman–Crippen MR) is 78.3 cm³/mol. The number of hydrogen-bond acceptors (Lipinski definition) is 4. The molecule has 1 saturated carbocycles. The third kappa shape index (κ3) is 4.34. The molecule has 0 spiro atoms. The fourth-order valence-electron chi connectivity index (χ4n) is 2.41. The van der Waals surface area contributed by atoms with Gasteiger partial charge in [-0.3, -0.25) is 4.79 Å². The SMILES string of the molecule is CCOC(=O)CCCc1cc(C2CC2)c(C(=O)OCC)[nH]1. The summed E-state index contributed by atoms with van der Waals surface area (Å²) >= 11 is 0. The van der Waals surface area contributed by atoms with E-state index < -0.39 is 0 Å². The molecule has 0 atom stereocenters. The zero-order valence-electron chi connectivity index (χ0n) is 12.7. The fraction of sp³-hybridized carbons (Fsp3) is 0.625. The number of carbonyl (C=O) groups excluding carboxylic acids is 2. The Bertz CT molecular complexity index is 502. The lowest BCUT2D eigenvalue weighted by Gasteiger charge is -2.02. The number of aromatic nitrogens is 1. The molecule has 1 N–H and O–H groups in total. The first-order valence-corrected chi connectivity index (χ1v) is 7.70. The topological polar surface area (TPSA) is 68.4 Å². The minimum atomic E-state index is -0.281. The molecule has 1 aliphatic rings. The number of hydrogen-bond donors (Lipinski definition) is 1. The molecule has 0 bridgehead atoms. The highest BCUT2D eigenvalue weighted by molar-refractivity contribution is 5.89. The van der Waals surface area contributed by atoms with Crippen LogP contribution in [0.1, 0.15) is 67.2 Å². The molecule has 5 heteroatoms. The van der Waals surface area contributed by atoms with Gasteiger partial charge in [-0.15, -0.1) is 0 Å². The van der Waals surface area contributed by atoms with Gasteiger partial charge in [0.05, 0.1) is 13.2 Å². The first-order chi connectivity index (χ1) is 10.2. The molecule has 5 nitrogen and oxygen atoms in total. The molecular weight excluding hydrogens is 270 g/mol. The summed E-state index contributed by atoms with van der Waals surface area (Å²) in [6.07, 6.45) is 4.11. The second-order valence-corrected chi connectivity index (χ2v) is 5.28. The largest absolute Gasteiger partial charge is 0.466 e. The predicted octanol–water partition coefficient (Wildman–Crippen LogP) is 2.95. The van der Waals surface area contributed by atoms with Crippen molar-refractivity contribution in [1.82, 2.24) is 4.98 Å². The summed E-state index contributed by atoms with van der Waals surface area (Å²) in [5.41, 5.74) is 2.65. The molecule has 1 aliphatic carbocycles. The maximum atomic E-state index is 12.0. The number of nitrogens with one attached hydrogen (secondary N) is 1. The highest BCUT2D eigenvalue weighted by Crippen LogP contribution is 2.42.